The first-order valence-electron chi connectivity index (χ1n) is 6.57. The highest BCUT2D eigenvalue weighted by Gasteiger charge is 2.37. The highest BCUT2D eigenvalue weighted by Crippen LogP contribution is 2.36. The van der Waals surface area contributed by atoms with E-state index in [-0.39, 0.29) is 6.16 Å². The van der Waals surface area contributed by atoms with E-state index in [4.69, 9.17) is 18.0 Å². The van der Waals surface area contributed by atoms with Gasteiger partial charge in [0, 0.05) is 6.16 Å². The average Bonchev–Trinajstić information content (AvgIpc) is 1.90. The van der Waals surface area contributed by atoms with Gasteiger partial charge in [0.2, 0.25) is 0 Å². The predicted molar refractivity (Wildman–Crippen MR) is 86.8 cm³/mol. The smallest absolute Gasteiger partial charge is 0.325 e. The van der Waals surface area contributed by atoms with Crippen LogP contribution >= 0.6 is 7.60 Å². The van der Waals surface area contributed by atoms with E-state index >= 15 is 0 Å². The maximum atomic E-state index is 10.8. The van der Waals surface area contributed by atoms with Gasteiger partial charge in [-0.15, -0.1) is 0 Å². The van der Waals surface area contributed by atoms with Gasteiger partial charge >= 0.3 is 16.2 Å². The Morgan fingerprint density at radius 2 is 1.42 bits per heavy atom. The van der Waals surface area contributed by atoms with Crippen molar-refractivity contribution in [1.29, 1.82) is 0 Å². The van der Waals surface area contributed by atoms with E-state index in [0.29, 0.717) is 6.42 Å². The fourth-order valence-electron chi connectivity index (χ4n) is 2.19. The summed E-state index contributed by atoms with van der Waals surface area (Å²) in [5, 5.41) is 0. The van der Waals surface area contributed by atoms with Gasteiger partial charge in [0.1, 0.15) is 0 Å². The van der Waals surface area contributed by atoms with Gasteiger partial charge in [0.25, 0.3) is 0 Å². The first-order valence-corrected chi connectivity index (χ1v) is 17.7. The molecule has 0 amide bonds. The van der Waals surface area contributed by atoms with Gasteiger partial charge in [-0.1, -0.05) is 0 Å². The number of rotatable bonds is 8. The quantitative estimate of drug-likeness (QED) is 0.522. The summed E-state index contributed by atoms with van der Waals surface area (Å²) < 4.78 is 23.2. The first kappa shape index (κ1) is 19.7. The lowest BCUT2D eigenvalue weighted by Crippen LogP contribution is -2.51. The lowest BCUT2D eigenvalue weighted by Gasteiger charge is -2.37. The molecule has 0 aromatic carbocycles. The molecule has 0 saturated carbocycles. The van der Waals surface area contributed by atoms with E-state index < -0.39 is 32.8 Å². The zero-order chi connectivity index (χ0) is 15.5. The second-order valence-electron chi connectivity index (χ2n) is 6.97. The van der Waals surface area contributed by atoms with Crippen LogP contribution in [0.5, 0.6) is 0 Å². The summed E-state index contributed by atoms with van der Waals surface area (Å²) in [6.07, 6.45) is 0.463. The van der Waals surface area contributed by atoms with E-state index in [1.165, 1.54) is 0 Å². The molecule has 0 spiro atoms. The maximum absolute atomic E-state index is 10.8. The van der Waals surface area contributed by atoms with Gasteiger partial charge in [-0.25, -0.2) is 0 Å². The molecule has 0 atom stereocenters. The summed E-state index contributed by atoms with van der Waals surface area (Å²) in [4.78, 5) is 17.8. The fraction of sp³-hybridized carbons (Fsp3) is 1.00. The molecule has 0 unspecified atom stereocenters. The standard InChI is InChI=1S/C10H29O5PSi3/c1-17(2,3)14-19(6,7)15-18(4,5)10-8-9-16(11,12)13/h8-10H2,1-7H3,(H2,11,12,13). The summed E-state index contributed by atoms with van der Waals surface area (Å²) in [6.45, 7) is 14.7. The van der Waals surface area contributed by atoms with Crippen molar-refractivity contribution in [2.24, 2.45) is 0 Å². The van der Waals surface area contributed by atoms with Crippen LogP contribution in [0.25, 0.3) is 0 Å². The largest absolute Gasteiger partial charge is 0.437 e. The van der Waals surface area contributed by atoms with Crippen LogP contribution in [0, 0.1) is 0 Å². The fourth-order valence-corrected chi connectivity index (χ4v) is 16.3. The lowest BCUT2D eigenvalue weighted by molar-refractivity contribution is 0.371. The molecule has 0 aliphatic rings. The van der Waals surface area contributed by atoms with Crippen LogP contribution in [0.2, 0.25) is 51.9 Å². The van der Waals surface area contributed by atoms with Gasteiger partial charge in [0.15, 0.2) is 16.6 Å². The summed E-state index contributed by atoms with van der Waals surface area (Å²) >= 11 is 0. The van der Waals surface area contributed by atoms with Crippen molar-refractivity contribution in [2.75, 3.05) is 6.16 Å². The number of hydrogen-bond acceptors (Lipinski definition) is 3. The summed E-state index contributed by atoms with van der Waals surface area (Å²) in [5.74, 6) is 0. The minimum absolute atomic E-state index is 0.0519. The maximum Gasteiger partial charge on any atom is 0.325 e. The van der Waals surface area contributed by atoms with Crippen LogP contribution in [0.15, 0.2) is 0 Å². The predicted octanol–water partition coefficient (Wildman–Crippen LogP) is 3.33. The zero-order valence-electron chi connectivity index (χ0n) is 13.2. The van der Waals surface area contributed by atoms with E-state index in [1.807, 2.05) is 0 Å². The normalized spacial score (nSPS) is 14.8. The van der Waals surface area contributed by atoms with Crippen LogP contribution in [-0.2, 0) is 12.8 Å². The van der Waals surface area contributed by atoms with E-state index in [1.54, 1.807) is 0 Å². The van der Waals surface area contributed by atoms with Gasteiger partial charge in [-0.3, -0.25) is 4.57 Å². The van der Waals surface area contributed by atoms with Crippen molar-refractivity contribution in [1.82, 2.24) is 0 Å². The first-order chi connectivity index (χ1) is 8.12. The van der Waals surface area contributed by atoms with Gasteiger partial charge in [-0.2, -0.15) is 0 Å². The highest BCUT2D eigenvalue weighted by molar-refractivity contribution is 7.51. The van der Waals surface area contributed by atoms with Crippen molar-refractivity contribution in [2.45, 2.75) is 58.3 Å². The second-order valence-corrected chi connectivity index (χ2v) is 21.4. The number of hydrogen-bond donors (Lipinski definition) is 2. The molecule has 0 aromatic heterocycles. The molecule has 0 saturated heterocycles. The van der Waals surface area contributed by atoms with E-state index in [9.17, 15) is 4.57 Å². The van der Waals surface area contributed by atoms with Crippen LogP contribution in [-0.4, -0.2) is 41.1 Å². The summed E-state index contributed by atoms with van der Waals surface area (Å²) in [6, 6.07) is 0.754. The Morgan fingerprint density at radius 1 is 0.947 bits per heavy atom. The molecule has 0 aromatic rings. The van der Waals surface area contributed by atoms with Crippen LogP contribution < -0.4 is 0 Å². The minimum atomic E-state index is -3.88. The van der Waals surface area contributed by atoms with Crippen molar-refractivity contribution < 1.29 is 22.6 Å². The molecule has 0 heterocycles. The molecule has 5 nitrogen and oxygen atoms in total. The molecular formula is C10H29O5PSi3. The highest BCUT2D eigenvalue weighted by atomic mass is 31.2. The van der Waals surface area contributed by atoms with E-state index in [2.05, 4.69) is 45.8 Å². The zero-order valence-corrected chi connectivity index (χ0v) is 17.1. The minimum Gasteiger partial charge on any atom is -0.437 e. The molecule has 0 rings (SSSR count). The third-order valence-electron chi connectivity index (χ3n) is 2.30. The van der Waals surface area contributed by atoms with Crippen molar-refractivity contribution in [3.8, 4) is 0 Å². The molecule has 0 aliphatic carbocycles. The Bertz CT molecular complexity index is 335. The average molecular weight is 345 g/mol. The van der Waals surface area contributed by atoms with Crippen LogP contribution in [0.1, 0.15) is 6.42 Å². The molecule has 116 valence electrons. The monoisotopic (exact) mass is 344 g/mol. The summed E-state index contributed by atoms with van der Waals surface area (Å²) in [5.41, 5.74) is 0. The Kier molecular flexibility index (Phi) is 6.91. The van der Waals surface area contributed by atoms with Crippen LogP contribution in [0.4, 0.5) is 0 Å². The Morgan fingerprint density at radius 3 is 1.79 bits per heavy atom. The SMILES string of the molecule is C[Si](C)(C)O[Si](C)(C)O[Si](C)(C)CCCP(=O)(O)O. The molecule has 0 bridgehead atoms. The van der Waals surface area contributed by atoms with Gasteiger partial charge in [-0.05, 0) is 58.3 Å². The van der Waals surface area contributed by atoms with Gasteiger partial charge < -0.3 is 18.0 Å². The molecule has 0 radical (unpaired) electrons. The molecular weight excluding hydrogens is 315 g/mol. The molecule has 2 N–H and O–H groups in total. The Labute approximate surface area is 120 Å². The lowest BCUT2D eigenvalue weighted by atomic mass is 10.6. The molecule has 9 heteroatoms. The van der Waals surface area contributed by atoms with Gasteiger partial charge in [0.05, 0.1) is 0 Å². The topological polar surface area (TPSA) is 76.0 Å². The molecule has 0 fully saturated rings. The Balaban J connectivity index is 4.38. The second kappa shape index (κ2) is 6.66. The van der Waals surface area contributed by atoms with Crippen molar-refractivity contribution in [3.05, 3.63) is 0 Å². The third kappa shape index (κ3) is 12.2. The van der Waals surface area contributed by atoms with E-state index in [0.717, 1.165) is 6.04 Å². The van der Waals surface area contributed by atoms with Crippen LogP contribution in [0.3, 0.4) is 0 Å². The molecule has 19 heavy (non-hydrogen) atoms. The Hall–Kier alpha value is 0.721. The van der Waals surface area contributed by atoms with Crippen molar-refractivity contribution >= 4 is 32.8 Å². The van der Waals surface area contributed by atoms with Crippen molar-refractivity contribution in [3.63, 3.8) is 0 Å². The summed E-state index contributed by atoms with van der Waals surface area (Å²) in [7, 11) is -9.57. The third-order valence-corrected chi connectivity index (χ3v) is 13.4. The molecule has 0 aliphatic heterocycles.